The molecule has 0 saturated carbocycles. The lowest BCUT2D eigenvalue weighted by molar-refractivity contribution is 0.0590. The topological polar surface area (TPSA) is 81.3 Å². The summed E-state index contributed by atoms with van der Waals surface area (Å²) in [4.78, 5) is 21.8. The van der Waals surface area contributed by atoms with E-state index in [4.69, 9.17) is 5.73 Å². The van der Waals surface area contributed by atoms with Crippen LogP contribution >= 0.6 is 0 Å². The Morgan fingerprint density at radius 2 is 2.25 bits per heavy atom. The minimum atomic E-state index is -0.458. The Kier molecular flexibility index (Phi) is 2.74. The van der Waals surface area contributed by atoms with E-state index in [1.807, 2.05) is 7.05 Å². The minimum Gasteiger partial charge on any atom is -0.464 e. The van der Waals surface area contributed by atoms with E-state index < -0.39 is 5.97 Å². The number of fused-ring (bicyclic) bond motifs is 1. The van der Waals surface area contributed by atoms with Gasteiger partial charge in [0.2, 0.25) is 5.95 Å². The summed E-state index contributed by atoms with van der Waals surface area (Å²) in [6.07, 6.45) is 0.780. The first-order valence-electron chi connectivity index (χ1n) is 5.04. The van der Waals surface area contributed by atoms with Crippen LogP contribution in [0, 0.1) is 0 Å². The number of hydrogen-bond acceptors (Lipinski definition) is 6. The number of nitrogen functional groups attached to an aromatic ring is 1. The second kappa shape index (κ2) is 4.05. The van der Waals surface area contributed by atoms with Crippen molar-refractivity contribution in [1.29, 1.82) is 0 Å². The highest BCUT2D eigenvalue weighted by molar-refractivity contribution is 5.89. The van der Waals surface area contributed by atoms with Crippen molar-refractivity contribution >= 4 is 11.9 Å². The Bertz CT molecular complexity index is 433. The van der Waals surface area contributed by atoms with Crippen LogP contribution in [0.15, 0.2) is 0 Å². The summed E-state index contributed by atoms with van der Waals surface area (Å²) in [6, 6.07) is 0. The van der Waals surface area contributed by atoms with E-state index in [0.29, 0.717) is 6.54 Å². The molecule has 2 N–H and O–H groups in total. The predicted molar refractivity (Wildman–Crippen MR) is 57.8 cm³/mol. The van der Waals surface area contributed by atoms with Crippen molar-refractivity contribution in [2.75, 3.05) is 26.4 Å². The maximum absolute atomic E-state index is 11.6. The van der Waals surface area contributed by atoms with Crippen LogP contribution in [0.1, 0.15) is 21.7 Å². The smallest absolute Gasteiger partial charge is 0.357 e. The molecular weight excluding hydrogens is 208 g/mol. The van der Waals surface area contributed by atoms with Crippen molar-refractivity contribution in [3.63, 3.8) is 0 Å². The first kappa shape index (κ1) is 10.8. The summed E-state index contributed by atoms with van der Waals surface area (Å²) in [6.45, 7) is 1.56. The molecular formula is C10H14N4O2. The predicted octanol–water partition coefficient (Wildman–Crippen LogP) is -0.167. The standard InChI is InChI=1S/C10H14N4O2/c1-14-4-3-7-6(5-14)8(9(15)16-2)13-10(11)12-7/h3-5H2,1-2H3,(H2,11,12,13). The molecule has 6 nitrogen and oxygen atoms in total. The molecule has 6 heteroatoms. The zero-order chi connectivity index (χ0) is 11.7. The molecule has 2 heterocycles. The SMILES string of the molecule is COC(=O)c1nc(N)nc2c1CN(C)CC2. The average molecular weight is 222 g/mol. The Morgan fingerprint density at radius 3 is 2.94 bits per heavy atom. The van der Waals surface area contributed by atoms with Crippen molar-refractivity contribution in [3.05, 3.63) is 17.0 Å². The third-order valence-electron chi connectivity index (χ3n) is 2.65. The number of likely N-dealkylation sites (N-methyl/N-ethyl adjacent to an activating group) is 1. The summed E-state index contributed by atoms with van der Waals surface area (Å²) in [5.41, 5.74) is 7.54. The number of aromatic nitrogens is 2. The van der Waals surface area contributed by atoms with Crippen molar-refractivity contribution in [3.8, 4) is 0 Å². The number of nitrogens with zero attached hydrogens (tertiary/aromatic N) is 3. The summed E-state index contributed by atoms with van der Waals surface area (Å²) in [5, 5.41) is 0. The van der Waals surface area contributed by atoms with E-state index in [9.17, 15) is 4.79 Å². The normalized spacial score (nSPS) is 15.6. The maximum atomic E-state index is 11.6. The molecule has 1 aromatic heterocycles. The van der Waals surface area contributed by atoms with Gasteiger partial charge in [0.1, 0.15) is 0 Å². The maximum Gasteiger partial charge on any atom is 0.357 e. The van der Waals surface area contributed by atoms with Crippen molar-refractivity contribution in [1.82, 2.24) is 14.9 Å². The molecule has 0 unspecified atom stereocenters. The zero-order valence-electron chi connectivity index (χ0n) is 9.36. The van der Waals surface area contributed by atoms with Gasteiger partial charge in [-0.3, -0.25) is 0 Å². The van der Waals surface area contributed by atoms with Gasteiger partial charge in [0, 0.05) is 25.1 Å². The molecule has 0 aliphatic carbocycles. The quantitative estimate of drug-likeness (QED) is 0.664. The van der Waals surface area contributed by atoms with E-state index in [0.717, 1.165) is 24.2 Å². The van der Waals surface area contributed by atoms with Gasteiger partial charge < -0.3 is 15.4 Å². The molecule has 0 bridgehead atoms. The molecule has 2 rings (SSSR count). The molecule has 0 spiro atoms. The zero-order valence-corrected chi connectivity index (χ0v) is 9.36. The number of esters is 1. The fourth-order valence-corrected chi connectivity index (χ4v) is 1.83. The van der Waals surface area contributed by atoms with Crippen LogP contribution < -0.4 is 5.73 Å². The molecule has 1 aliphatic heterocycles. The minimum absolute atomic E-state index is 0.128. The fourth-order valence-electron chi connectivity index (χ4n) is 1.83. The van der Waals surface area contributed by atoms with Crippen molar-refractivity contribution in [2.24, 2.45) is 0 Å². The number of nitrogens with two attached hydrogens (primary N) is 1. The van der Waals surface area contributed by atoms with E-state index in [-0.39, 0.29) is 11.6 Å². The van der Waals surface area contributed by atoms with Crippen LogP contribution in [0.4, 0.5) is 5.95 Å². The van der Waals surface area contributed by atoms with Crippen LogP contribution in [-0.2, 0) is 17.7 Å². The van der Waals surface area contributed by atoms with Gasteiger partial charge in [-0.05, 0) is 7.05 Å². The monoisotopic (exact) mass is 222 g/mol. The van der Waals surface area contributed by atoms with Crippen molar-refractivity contribution < 1.29 is 9.53 Å². The molecule has 86 valence electrons. The molecule has 0 atom stereocenters. The van der Waals surface area contributed by atoms with Crippen LogP contribution in [0.3, 0.4) is 0 Å². The van der Waals surface area contributed by atoms with Gasteiger partial charge in [-0.1, -0.05) is 0 Å². The molecule has 0 amide bonds. The first-order valence-corrected chi connectivity index (χ1v) is 5.04. The number of rotatable bonds is 1. The largest absolute Gasteiger partial charge is 0.464 e. The summed E-state index contributed by atoms with van der Waals surface area (Å²) in [5.74, 6) is -0.329. The van der Waals surface area contributed by atoms with Gasteiger partial charge in [-0.15, -0.1) is 0 Å². The molecule has 0 radical (unpaired) electrons. The van der Waals surface area contributed by atoms with Crippen LogP contribution in [0.25, 0.3) is 0 Å². The van der Waals surface area contributed by atoms with E-state index >= 15 is 0 Å². The lowest BCUT2D eigenvalue weighted by Crippen LogP contribution is -2.30. The summed E-state index contributed by atoms with van der Waals surface area (Å²) >= 11 is 0. The number of hydrogen-bond donors (Lipinski definition) is 1. The van der Waals surface area contributed by atoms with Gasteiger partial charge in [0.05, 0.1) is 12.8 Å². The lowest BCUT2D eigenvalue weighted by atomic mass is 10.0. The molecule has 0 saturated heterocycles. The number of carbonyl (C=O) groups is 1. The van der Waals surface area contributed by atoms with Crippen LogP contribution in [-0.4, -0.2) is 41.5 Å². The fraction of sp³-hybridized carbons (Fsp3) is 0.500. The Hall–Kier alpha value is -1.69. The summed E-state index contributed by atoms with van der Waals surface area (Å²) < 4.78 is 4.69. The lowest BCUT2D eigenvalue weighted by Gasteiger charge is -2.25. The molecule has 0 fully saturated rings. The van der Waals surface area contributed by atoms with E-state index in [1.165, 1.54) is 7.11 Å². The molecule has 16 heavy (non-hydrogen) atoms. The van der Waals surface area contributed by atoms with E-state index in [2.05, 4.69) is 19.6 Å². The molecule has 1 aliphatic rings. The van der Waals surface area contributed by atoms with Gasteiger partial charge in [0.15, 0.2) is 5.69 Å². The van der Waals surface area contributed by atoms with Crippen LogP contribution in [0.5, 0.6) is 0 Å². The number of anilines is 1. The van der Waals surface area contributed by atoms with Gasteiger partial charge in [-0.25, -0.2) is 14.8 Å². The number of carbonyl (C=O) groups excluding carboxylic acids is 1. The van der Waals surface area contributed by atoms with Gasteiger partial charge in [-0.2, -0.15) is 0 Å². The second-order valence-corrected chi connectivity index (χ2v) is 3.84. The highest BCUT2D eigenvalue weighted by atomic mass is 16.5. The Morgan fingerprint density at radius 1 is 1.50 bits per heavy atom. The highest BCUT2D eigenvalue weighted by Crippen LogP contribution is 2.20. The molecule has 0 aromatic carbocycles. The third kappa shape index (κ3) is 1.83. The Balaban J connectivity index is 2.51. The average Bonchev–Trinajstić information content (AvgIpc) is 2.27. The Labute approximate surface area is 93.4 Å². The number of methoxy groups -OCH3 is 1. The highest BCUT2D eigenvalue weighted by Gasteiger charge is 2.24. The van der Waals surface area contributed by atoms with Crippen molar-refractivity contribution in [2.45, 2.75) is 13.0 Å². The second-order valence-electron chi connectivity index (χ2n) is 3.84. The molecule has 1 aromatic rings. The summed E-state index contributed by atoms with van der Waals surface area (Å²) in [7, 11) is 3.32. The van der Waals surface area contributed by atoms with Crippen LogP contribution in [0.2, 0.25) is 0 Å². The van der Waals surface area contributed by atoms with Gasteiger partial charge in [0.25, 0.3) is 0 Å². The van der Waals surface area contributed by atoms with Gasteiger partial charge >= 0.3 is 5.97 Å². The van der Waals surface area contributed by atoms with E-state index in [1.54, 1.807) is 0 Å². The third-order valence-corrected chi connectivity index (χ3v) is 2.65. The first-order chi connectivity index (χ1) is 7.61. The number of ether oxygens (including phenoxy) is 1.